The minimum absolute atomic E-state index is 0.492. The van der Waals surface area contributed by atoms with E-state index in [-0.39, 0.29) is 0 Å². The summed E-state index contributed by atoms with van der Waals surface area (Å²) in [7, 11) is 4.78. The lowest BCUT2D eigenvalue weighted by Gasteiger charge is -2.17. The largest absolute Gasteiger partial charge is 0.493 e. The Hall–Kier alpha value is -1.20. The second kappa shape index (κ2) is 5.84. The number of hydrogen-bond donors (Lipinski definition) is 1. The summed E-state index contributed by atoms with van der Waals surface area (Å²) in [5.41, 5.74) is 1.99. The van der Waals surface area contributed by atoms with Gasteiger partial charge in [-0.2, -0.15) is 0 Å². The molecule has 0 bridgehead atoms. The van der Waals surface area contributed by atoms with Crippen molar-refractivity contribution in [3.63, 3.8) is 0 Å². The molecule has 0 amide bonds. The van der Waals surface area contributed by atoms with Crippen LogP contribution in [-0.2, 0) is 6.42 Å². The summed E-state index contributed by atoms with van der Waals surface area (Å²) in [6, 6.07) is 1.94. The van der Waals surface area contributed by atoms with E-state index in [0.29, 0.717) is 23.7 Å². The Morgan fingerprint density at radius 2 is 1.84 bits per heavy atom. The molecule has 0 saturated heterocycles. The van der Waals surface area contributed by atoms with Crippen LogP contribution < -0.4 is 14.2 Å². The summed E-state index contributed by atoms with van der Waals surface area (Å²) in [4.78, 5) is 0. The van der Waals surface area contributed by atoms with Crippen LogP contribution in [0.3, 0.4) is 0 Å². The number of halogens is 1. The molecule has 0 saturated carbocycles. The first-order valence-corrected chi connectivity index (χ1v) is 6.78. The van der Waals surface area contributed by atoms with Crippen molar-refractivity contribution in [1.29, 1.82) is 0 Å². The molecule has 0 spiro atoms. The molecule has 5 heteroatoms. The highest BCUT2D eigenvalue weighted by Crippen LogP contribution is 2.44. The van der Waals surface area contributed by atoms with E-state index in [9.17, 15) is 5.11 Å². The van der Waals surface area contributed by atoms with Gasteiger partial charge in [-0.25, -0.2) is 0 Å². The van der Waals surface area contributed by atoms with Gasteiger partial charge in [-0.15, -0.1) is 0 Å². The van der Waals surface area contributed by atoms with Gasteiger partial charge in [0.05, 0.1) is 27.4 Å². The van der Waals surface area contributed by atoms with E-state index in [4.69, 9.17) is 14.2 Å². The number of aryl methyl sites for hydroxylation is 1. The van der Waals surface area contributed by atoms with Crippen LogP contribution in [-0.4, -0.2) is 32.5 Å². The summed E-state index contributed by atoms with van der Waals surface area (Å²) in [5, 5.41) is 9.93. The molecule has 1 aromatic rings. The van der Waals surface area contributed by atoms with E-state index in [1.54, 1.807) is 21.3 Å². The van der Waals surface area contributed by atoms with Gasteiger partial charge in [0.2, 0.25) is 5.75 Å². The highest BCUT2D eigenvalue weighted by Gasteiger charge is 2.23. The molecule has 4 nitrogen and oxygen atoms in total. The highest BCUT2D eigenvalue weighted by atomic mass is 79.9. The fraction of sp³-hybridized carbons (Fsp3) is 0.429. The van der Waals surface area contributed by atoms with E-state index in [1.807, 2.05) is 12.1 Å². The molecule has 2 rings (SSSR count). The number of ether oxygens (including phenoxy) is 3. The monoisotopic (exact) mass is 328 g/mol. The molecule has 1 aliphatic rings. The molecular weight excluding hydrogens is 312 g/mol. The molecule has 104 valence electrons. The maximum Gasteiger partial charge on any atom is 0.203 e. The van der Waals surface area contributed by atoms with Crippen LogP contribution in [0.15, 0.2) is 10.5 Å². The maximum absolute atomic E-state index is 9.93. The normalized spacial score (nSPS) is 18.2. The van der Waals surface area contributed by atoms with E-state index in [2.05, 4.69) is 15.9 Å². The van der Waals surface area contributed by atoms with Crippen molar-refractivity contribution in [2.24, 2.45) is 0 Å². The predicted octanol–water partition coefficient (Wildman–Crippen LogP) is 2.76. The van der Waals surface area contributed by atoms with E-state index in [1.165, 1.54) is 0 Å². The second-order valence-electron chi connectivity index (χ2n) is 4.30. The molecular formula is C14H17BrO4. The van der Waals surface area contributed by atoms with Gasteiger partial charge in [-0.3, -0.25) is 0 Å². The molecule has 0 fully saturated rings. The Kier molecular flexibility index (Phi) is 4.37. The molecule has 1 aromatic carbocycles. The lowest BCUT2D eigenvalue weighted by Crippen LogP contribution is -2.05. The third kappa shape index (κ3) is 2.58. The number of fused-ring (bicyclic) bond motifs is 1. The van der Waals surface area contributed by atoms with Crippen LogP contribution in [0.5, 0.6) is 17.2 Å². The fourth-order valence-corrected chi connectivity index (χ4v) is 2.72. The Bertz CT molecular complexity index is 511. The molecule has 19 heavy (non-hydrogen) atoms. The number of benzene rings is 1. The number of rotatable bonds is 3. The van der Waals surface area contributed by atoms with Crippen molar-refractivity contribution in [2.45, 2.75) is 18.9 Å². The number of aliphatic hydroxyl groups is 1. The summed E-state index contributed by atoms with van der Waals surface area (Å²) < 4.78 is 16.9. The molecule has 0 radical (unpaired) electrons. The van der Waals surface area contributed by atoms with Gasteiger partial charge >= 0.3 is 0 Å². The molecule has 0 heterocycles. The van der Waals surface area contributed by atoms with Crippen molar-refractivity contribution in [3.8, 4) is 17.2 Å². The first-order valence-electron chi connectivity index (χ1n) is 5.99. The van der Waals surface area contributed by atoms with Crippen LogP contribution in [0.2, 0.25) is 0 Å². The Balaban J connectivity index is 2.68. The van der Waals surface area contributed by atoms with E-state index >= 15 is 0 Å². The zero-order chi connectivity index (χ0) is 14.0. The summed E-state index contributed by atoms with van der Waals surface area (Å²) in [5.74, 6) is 1.83. The Morgan fingerprint density at radius 3 is 2.42 bits per heavy atom. The SMILES string of the molecule is COc1cc2c(c(OC)c1OC)C=C(Br)C(O)CC2. The quantitative estimate of drug-likeness (QED) is 0.926. The van der Waals surface area contributed by atoms with Gasteiger partial charge in [0.1, 0.15) is 0 Å². The zero-order valence-electron chi connectivity index (χ0n) is 11.2. The van der Waals surface area contributed by atoms with Gasteiger partial charge in [0, 0.05) is 10.0 Å². The summed E-state index contributed by atoms with van der Waals surface area (Å²) >= 11 is 3.40. The molecule has 1 aliphatic carbocycles. The summed E-state index contributed by atoms with van der Waals surface area (Å²) in [6.07, 6.45) is 2.80. The molecule has 0 aromatic heterocycles. The van der Waals surface area contributed by atoms with Crippen molar-refractivity contribution in [2.75, 3.05) is 21.3 Å². The minimum atomic E-state index is -0.492. The van der Waals surface area contributed by atoms with Crippen LogP contribution >= 0.6 is 15.9 Å². The Morgan fingerprint density at radius 1 is 1.16 bits per heavy atom. The minimum Gasteiger partial charge on any atom is -0.493 e. The highest BCUT2D eigenvalue weighted by molar-refractivity contribution is 9.11. The van der Waals surface area contributed by atoms with Gasteiger partial charge in [-0.1, -0.05) is 15.9 Å². The van der Waals surface area contributed by atoms with E-state index in [0.717, 1.165) is 22.0 Å². The van der Waals surface area contributed by atoms with Gasteiger partial charge in [-0.05, 0) is 30.5 Å². The first kappa shape index (κ1) is 14.2. The van der Waals surface area contributed by atoms with Crippen LogP contribution in [0.25, 0.3) is 6.08 Å². The van der Waals surface area contributed by atoms with Gasteiger partial charge < -0.3 is 19.3 Å². The standard InChI is InChI=1S/C14H17BrO4/c1-17-12-6-8-4-5-11(16)10(15)7-9(8)13(18-2)14(12)19-3/h6-7,11,16H,4-5H2,1-3H3. The maximum atomic E-state index is 9.93. The third-order valence-electron chi connectivity index (χ3n) is 3.24. The van der Waals surface area contributed by atoms with Crippen molar-refractivity contribution in [1.82, 2.24) is 0 Å². The summed E-state index contributed by atoms with van der Waals surface area (Å²) in [6.45, 7) is 0. The molecule has 1 atom stereocenters. The number of methoxy groups -OCH3 is 3. The lowest BCUT2D eigenvalue weighted by molar-refractivity contribution is 0.212. The molecule has 1 unspecified atom stereocenters. The topological polar surface area (TPSA) is 47.9 Å². The average molecular weight is 329 g/mol. The Labute approximate surface area is 121 Å². The van der Waals surface area contributed by atoms with Gasteiger partial charge in [0.25, 0.3) is 0 Å². The van der Waals surface area contributed by atoms with Crippen molar-refractivity contribution < 1.29 is 19.3 Å². The van der Waals surface area contributed by atoms with Crippen LogP contribution in [0.1, 0.15) is 17.5 Å². The number of aliphatic hydroxyl groups excluding tert-OH is 1. The first-order chi connectivity index (χ1) is 9.12. The molecule has 1 N–H and O–H groups in total. The smallest absolute Gasteiger partial charge is 0.203 e. The lowest BCUT2D eigenvalue weighted by atomic mass is 10.0. The number of hydrogen-bond acceptors (Lipinski definition) is 4. The second-order valence-corrected chi connectivity index (χ2v) is 5.22. The average Bonchev–Trinajstić information content (AvgIpc) is 2.56. The predicted molar refractivity (Wildman–Crippen MR) is 77.3 cm³/mol. The fourth-order valence-electron chi connectivity index (χ4n) is 2.26. The van der Waals surface area contributed by atoms with Crippen LogP contribution in [0.4, 0.5) is 0 Å². The molecule has 0 aliphatic heterocycles. The van der Waals surface area contributed by atoms with Crippen molar-refractivity contribution in [3.05, 3.63) is 21.7 Å². The van der Waals surface area contributed by atoms with Crippen LogP contribution in [0, 0.1) is 0 Å². The van der Waals surface area contributed by atoms with Crippen molar-refractivity contribution >= 4 is 22.0 Å². The zero-order valence-corrected chi connectivity index (χ0v) is 12.8. The van der Waals surface area contributed by atoms with Gasteiger partial charge in [0.15, 0.2) is 11.5 Å². The third-order valence-corrected chi connectivity index (χ3v) is 4.00. The van der Waals surface area contributed by atoms with E-state index < -0.39 is 6.10 Å².